The maximum absolute atomic E-state index is 6.43. The standard InChI is InChI=1S/C55H36N2O/c1-55(2)47-30-36(27-29-39(47)43-28-24-33-12-3-4-13-37(33)53(43)55)57-49-20-9-6-15-41(49)46-31-45-40-14-5-8-19-48(40)56(50(45)32-51(46)57)35-25-22-34(23-26-35)38-17-11-18-44-42-16-7-10-21-52(42)58-54(38)44/h3-32H,1-2H3. The lowest BCUT2D eigenvalue weighted by Crippen LogP contribution is -2.16. The highest BCUT2D eigenvalue weighted by molar-refractivity contribution is 6.19. The molecular weight excluding hydrogens is 705 g/mol. The van der Waals surface area contributed by atoms with E-state index in [1.165, 1.54) is 82.3 Å². The number of nitrogens with zero attached hydrogens (tertiary/aromatic N) is 2. The van der Waals surface area contributed by atoms with Crippen LogP contribution in [0.25, 0.3) is 110 Å². The molecule has 0 radical (unpaired) electrons. The number of furan rings is 1. The average Bonchev–Trinajstić information content (AvgIpc) is 3.98. The second-order valence-corrected chi connectivity index (χ2v) is 16.5. The Labute approximate surface area is 334 Å². The van der Waals surface area contributed by atoms with E-state index >= 15 is 0 Å². The van der Waals surface area contributed by atoms with E-state index in [9.17, 15) is 0 Å². The summed E-state index contributed by atoms with van der Waals surface area (Å²) in [6, 6.07) is 66.9. The summed E-state index contributed by atoms with van der Waals surface area (Å²) in [7, 11) is 0. The summed E-state index contributed by atoms with van der Waals surface area (Å²) in [5.41, 5.74) is 16.5. The molecule has 3 aromatic heterocycles. The lowest BCUT2D eigenvalue weighted by molar-refractivity contribution is 0.665. The highest BCUT2D eigenvalue weighted by Gasteiger charge is 2.37. The van der Waals surface area contributed by atoms with Gasteiger partial charge in [-0.25, -0.2) is 0 Å². The van der Waals surface area contributed by atoms with Crippen molar-refractivity contribution < 1.29 is 4.42 Å². The van der Waals surface area contributed by atoms with Gasteiger partial charge >= 0.3 is 0 Å². The van der Waals surface area contributed by atoms with E-state index in [0.29, 0.717) is 0 Å². The van der Waals surface area contributed by atoms with Gasteiger partial charge in [0.1, 0.15) is 11.2 Å². The van der Waals surface area contributed by atoms with E-state index in [4.69, 9.17) is 4.42 Å². The van der Waals surface area contributed by atoms with Gasteiger partial charge < -0.3 is 13.6 Å². The molecule has 272 valence electrons. The quantitative estimate of drug-likeness (QED) is 0.177. The number of fused-ring (bicyclic) bond motifs is 14. The SMILES string of the molecule is CC1(C)c2cc(-n3c4ccccc4c4cc5c6ccccc6n(-c6ccc(-c7cccc8c7oc7ccccc78)cc6)c5cc43)ccc2-c2ccc3ccccc3c21. The van der Waals surface area contributed by atoms with Crippen LogP contribution in [0.3, 0.4) is 0 Å². The molecule has 12 aromatic rings. The third-order valence-corrected chi connectivity index (χ3v) is 13.1. The molecule has 0 atom stereocenters. The molecule has 3 heterocycles. The van der Waals surface area contributed by atoms with Gasteiger partial charge in [-0.1, -0.05) is 141 Å². The number of para-hydroxylation sites is 4. The van der Waals surface area contributed by atoms with Crippen molar-refractivity contribution in [3.8, 4) is 33.6 Å². The highest BCUT2D eigenvalue weighted by atomic mass is 16.3. The Morgan fingerprint density at radius 2 is 1.00 bits per heavy atom. The van der Waals surface area contributed by atoms with Gasteiger partial charge in [-0.15, -0.1) is 0 Å². The molecule has 0 spiro atoms. The first-order valence-electron chi connectivity index (χ1n) is 20.2. The van der Waals surface area contributed by atoms with E-state index < -0.39 is 0 Å². The predicted molar refractivity (Wildman–Crippen MR) is 243 cm³/mol. The second-order valence-electron chi connectivity index (χ2n) is 16.5. The summed E-state index contributed by atoms with van der Waals surface area (Å²) in [6.07, 6.45) is 0. The van der Waals surface area contributed by atoms with Crippen molar-refractivity contribution in [1.82, 2.24) is 9.13 Å². The Balaban J connectivity index is 1.01. The summed E-state index contributed by atoms with van der Waals surface area (Å²) >= 11 is 0. The van der Waals surface area contributed by atoms with Crippen molar-refractivity contribution >= 4 is 76.3 Å². The van der Waals surface area contributed by atoms with Crippen molar-refractivity contribution in [3.05, 3.63) is 193 Å². The Morgan fingerprint density at radius 1 is 0.397 bits per heavy atom. The van der Waals surface area contributed by atoms with Gasteiger partial charge in [-0.3, -0.25) is 0 Å². The van der Waals surface area contributed by atoms with Crippen molar-refractivity contribution in [2.45, 2.75) is 19.3 Å². The van der Waals surface area contributed by atoms with Crippen LogP contribution in [-0.4, -0.2) is 9.13 Å². The zero-order valence-electron chi connectivity index (χ0n) is 32.1. The van der Waals surface area contributed by atoms with Gasteiger partial charge in [0.05, 0.1) is 22.1 Å². The maximum atomic E-state index is 6.43. The summed E-state index contributed by atoms with van der Waals surface area (Å²) in [5.74, 6) is 0. The molecule has 0 bridgehead atoms. The highest BCUT2D eigenvalue weighted by Crippen LogP contribution is 2.52. The zero-order valence-corrected chi connectivity index (χ0v) is 32.1. The second kappa shape index (κ2) is 11.4. The largest absolute Gasteiger partial charge is 0.455 e. The maximum Gasteiger partial charge on any atom is 0.143 e. The third-order valence-electron chi connectivity index (χ3n) is 13.1. The minimum Gasteiger partial charge on any atom is -0.455 e. The predicted octanol–water partition coefficient (Wildman–Crippen LogP) is 14.9. The number of rotatable bonds is 3. The zero-order chi connectivity index (χ0) is 38.3. The van der Waals surface area contributed by atoms with Gasteiger partial charge in [0.2, 0.25) is 0 Å². The van der Waals surface area contributed by atoms with Crippen molar-refractivity contribution in [2.75, 3.05) is 0 Å². The van der Waals surface area contributed by atoms with Gasteiger partial charge in [-0.2, -0.15) is 0 Å². The molecule has 1 aliphatic carbocycles. The molecule has 0 unspecified atom stereocenters. The van der Waals surface area contributed by atoms with Gasteiger partial charge in [0, 0.05) is 54.7 Å². The number of aromatic nitrogens is 2. The van der Waals surface area contributed by atoms with Crippen LogP contribution in [0, 0.1) is 0 Å². The number of hydrogen-bond donors (Lipinski definition) is 0. The van der Waals surface area contributed by atoms with Crippen LogP contribution in [0.1, 0.15) is 25.0 Å². The van der Waals surface area contributed by atoms with Crippen LogP contribution < -0.4 is 0 Å². The van der Waals surface area contributed by atoms with E-state index in [1.54, 1.807) is 0 Å². The molecule has 1 aliphatic rings. The van der Waals surface area contributed by atoms with Gasteiger partial charge in [0.25, 0.3) is 0 Å². The normalized spacial score (nSPS) is 13.5. The average molecular weight is 741 g/mol. The number of hydrogen-bond acceptors (Lipinski definition) is 1. The first-order chi connectivity index (χ1) is 28.5. The fraction of sp³-hybridized carbons (Fsp3) is 0.0545. The van der Waals surface area contributed by atoms with Crippen LogP contribution in [0.4, 0.5) is 0 Å². The fourth-order valence-corrected chi connectivity index (χ4v) is 10.5. The number of benzene rings is 9. The minimum atomic E-state index is -0.151. The molecule has 0 fully saturated rings. The Hall–Kier alpha value is -7.36. The first kappa shape index (κ1) is 31.8. The Bertz CT molecular complexity index is 3700. The van der Waals surface area contributed by atoms with Crippen LogP contribution in [-0.2, 0) is 5.41 Å². The molecule has 0 saturated carbocycles. The summed E-state index contributed by atoms with van der Waals surface area (Å²) < 4.78 is 11.4. The molecule has 3 nitrogen and oxygen atoms in total. The molecule has 0 N–H and O–H groups in total. The lowest BCUT2D eigenvalue weighted by atomic mass is 9.80. The minimum absolute atomic E-state index is 0.151. The Kier molecular flexibility index (Phi) is 6.23. The molecule has 0 aliphatic heterocycles. The molecule has 13 rings (SSSR count). The third kappa shape index (κ3) is 4.17. The lowest BCUT2D eigenvalue weighted by Gasteiger charge is -2.24. The van der Waals surface area contributed by atoms with E-state index in [0.717, 1.165) is 38.8 Å². The summed E-state index contributed by atoms with van der Waals surface area (Å²) in [5, 5.41) is 9.94. The molecule has 3 heteroatoms. The van der Waals surface area contributed by atoms with Crippen molar-refractivity contribution in [1.29, 1.82) is 0 Å². The Morgan fingerprint density at radius 3 is 1.76 bits per heavy atom. The van der Waals surface area contributed by atoms with E-state index in [1.807, 2.05) is 12.1 Å². The molecule has 0 saturated heterocycles. The fourth-order valence-electron chi connectivity index (χ4n) is 10.5. The van der Waals surface area contributed by atoms with Crippen LogP contribution in [0.2, 0.25) is 0 Å². The molecule has 9 aromatic carbocycles. The van der Waals surface area contributed by atoms with Crippen LogP contribution in [0.5, 0.6) is 0 Å². The monoisotopic (exact) mass is 740 g/mol. The summed E-state index contributed by atoms with van der Waals surface area (Å²) in [6.45, 7) is 4.79. The first-order valence-corrected chi connectivity index (χ1v) is 20.2. The topological polar surface area (TPSA) is 23.0 Å². The molecule has 0 amide bonds. The smallest absolute Gasteiger partial charge is 0.143 e. The van der Waals surface area contributed by atoms with E-state index in [-0.39, 0.29) is 5.41 Å². The summed E-state index contributed by atoms with van der Waals surface area (Å²) in [4.78, 5) is 0. The molecule has 58 heavy (non-hydrogen) atoms. The van der Waals surface area contributed by atoms with Crippen LogP contribution in [0.15, 0.2) is 186 Å². The van der Waals surface area contributed by atoms with Crippen molar-refractivity contribution in [2.24, 2.45) is 0 Å². The van der Waals surface area contributed by atoms with Crippen LogP contribution >= 0.6 is 0 Å². The van der Waals surface area contributed by atoms with Gasteiger partial charge in [0.15, 0.2) is 0 Å². The van der Waals surface area contributed by atoms with Gasteiger partial charge in [-0.05, 0) is 93.2 Å². The molecular formula is C55H36N2O. The van der Waals surface area contributed by atoms with E-state index in [2.05, 4.69) is 193 Å². The van der Waals surface area contributed by atoms with Crippen molar-refractivity contribution in [3.63, 3.8) is 0 Å².